The molecule has 0 aliphatic rings. The van der Waals surface area contributed by atoms with Gasteiger partial charge in [0.1, 0.15) is 10.7 Å². The zero-order valence-electron chi connectivity index (χ0n) is 14.6. The standard InChI is InChI=1S/C17H29N3O2S/c1-4-5-6-7-8-9-10-11-16(21)20(3)12-15-19-14(13-23-15)17(22)18-2/h13H,4-12H2,1-3H3,(H,18,22). The van der Waals surface area contributed by atoms with Crippen LogP contribution < -0.4 is 5.32 Å². The number of aromatic nitrogens is 1. The second kappa shape index (κ2) is 11.2. The van der Waals surface area contributed by atoms with Crippen LogP contribution in [0, 0.1) is 0 Å². The molecular formula is C17H29N3O2S. The van der Waals surface area contributed by atoms with Crippen molar-refractivity contribution >= 4 is 23.2 Å². The smallest absolute Gasteiger partial charge is 0.270 e. The second-order valence-corrected chi connectivity index (χ2v) is 6.77. The lowest BCUT2D eigenvalue weighted by molar-refractivity contribution is -0.130. The van der Waals surface area contributed by atoms with Crippen molar-refractivity contribution in [2.24, 2.45) is 0 Å². The number of nitrogens with zero attached hydrogens (tertiary/aromatic N) is 2. The Morgan fingerprint density at radius 3 is 2.48 bits per heavy atom. The van der Waals surface area contributed by atoms with Gasteiger partial charge in [-0.05, 0) is 6.42 Å². The number of amides is 2. The summed E-state index contributed by atoms with van der Waals surface area (Å²) in [5, 5.41) is 5.06. The Kier molecular flexibility index (Phi) is 9.52. The first-order chi connectivity index (χ1) is 11.1. The Bertz CT molecular complexity index is 488. The molecule has 0 radical (unpaired) electrons. The van der Waals surface area contributed by atoms with Crippen molar-refractivity contribution in [3.05, 3.63) is 16.1 Å². The van der Waals surface area contributed by atoms with Crippen molar-refractivity contribution in [2.75, 3.05) is 14.1 Å². The van der Waals surface area contributed by atoms with Gasteiger partial charge in [0.05, 0.1) is 6.54 Å². The highest BCUT2D eigenvalue weighted by Crippen LogP contribution is 2.13. The highest BCUT2D eigenvalue weighted by molar-refractivity contribution is 7.09. The molecule has 1 N–H and O–H groups in total. The minimum absolute atomic E-state index is 0.148. The van der Waals surface area contributed by atoms with Gasteiger partial charge >= 0.3 is 0 Å². The number of nitrogens with one attached hydrogen (secondary N) is 1. The van der Waals surface area contributed by atoms with Crippen LogP contribution in [0.25, 0.3) is 0 Å². The Balaban J connectivity index is 2.23. The molecule has 0 atom stereocenters. The molecule has 0 bridgehead atoms. The van der Waals surface area contributed by atoms with Crippen LogP contribution in [0.15, 0.2) is 5.38 Å². The van der Waals surface area contributed by atoms with Crippen molar-refractivity contribution in [1.82, 2.24) is 15.2 Å². The molecular weight excluding hydrogens is 310 g/mol. The molecule has 130 valence electrons. The number of carbonyl (C=O) groups is 2. The molecule has 1 aromatic rings. The number of thiazole rings is 1. The zero-order chi connectivity index (χ0) is 17.1. The van der Waals surface area contributed by atoms with Gasteiger partial charge in [0, 0.05) is 25.9 Å². The number of unbranched alkanes of at least 4 members (excludes halogenated alkanes) is 6. The summed E-state index contributed by atoms with van der Waals surface area (Å²) in [5.74, 6) is -0.0418. The summed E-state index contributed by atoms with van der Waals surface area (Å²) in [6.07, 6.45) is 9.06. The number of carbonyl (C=O) groups excluding carboxylic acids is 2. The fourth-order valence-corrected chi connectivity index (χ4v) is 3.16. The molecule has 0 unspecified atom stereocenters. The highest BCUT2D eigenvalue weighted by atomic mass is 32.1. The number of hydrogen-bond donors (Lipinski definition) is 1. The normalized spacial score (nSPS) is 10.6. The van der Waals surface area contributed by atoms with Crippen molar-refractivity contribution < 1.29 is 9.59 Å². The van der Waals surface area contributed by atoms with Gasteiger partial charge in [0.2, 0.25) is 5.91 Å². The van der Waals surface area contributed by atoms with Crippen LogP contribution in [0.5, 0.6) is 0 Å². The van der Waals surface area contributed by atoms with Gasteiger partial charge in [-0.1, -0.05) is 45.4 Å². The van der Waals surface area contributed by atoms with Crippen LogP contribution in [0.3, 0.4) is 0 Å². The monoisotopic (exact) mass is 339 g/mol. The second-order valence-electron chi connectivity index (χ2n) is 5.83. The van der Waals surface area contributed by atoms with Gasteiger partial charge in [-0.3, -0.25) is 9.59 Å². The van der Waals surface area contributed by atoms with Gasteiger partial charge in [0.25, 0.3) is 5.91 Å². The molecule has 0 saturated carbocycles. The van der Waals surface area contributed by atoms with E-state index in [-0.39, 0.29) is 11.8 Å². The van der Waals surface area contributed by atoms with Crippen LogP contribution in [0.4, 0.5) is 0 Å². The lowest BCUT2D eigenvalue weighted by atomic mass is 10.1. The minimum atomic E-state index is -0.190. The Morgan fingerprint density at radius 2 is 1.83 bits per heavy atom. The van der Waals surface area contributed by atoms with Gasteiger partial charge in [-0.15, -0.1) is 11.3 Å². The van der Waals surface area contributed by atoms with Crippen molar-refractivity contribution in [3.63, 3.8) is 0 Å². The first-order valence-corrected chi connectivity index (χ1v) is 9.36. The fourth-order valence-electron chi connectivity index (χ4n) is 2.33. The summed E-state index contributed by atoms with van der Waals surface area (Å²) in [6, 6.07) is 0. The van der Waals surface area contributed by atoms with Crippen LogP contribution in [-0.2, 0) is 11.3 Å². The maximum atomic E-state index is 12.1. The van der Waals surface area contributed by atoms with E-state index in [1.807, 2.05) is 0 Å². The van der Waals surface area contributed by atoms with Crippen LogP contribution >= 0.6 is 11.3 Å². The van der Waals surface area contributed by atoms with Crippen molar-refractivity contribution in [1.29, 1.82) is 0 Å². The molecule has 0 spiro atoms. The molecule has 2 amide bonds. The Labute approximate surface area is 143 Å². The van der Waals surface area contributed by atoms with E-state index >= 15 is 0 Å². The lowest BCUT2D eigenvalue weighted by Crippen LogP contribution is -2.26. The van der Waals surface area contributed by atoms with Crippen molar-refractivity contribution in [2.45, 2.75) is 64.8 Å². The van der Waals surface area contributed by atoms with E-state index < -0.39 is 0 Å². The van der Waals surface area contributed by atoms with Gasteiger partial charge in [0.15, 0.2) is 0 Å². The Morgan fingerprint density at radius 1 is 1.17 bits per heavy atom. The SMILES string of the molecule is CCCCCCCCCC(=O)N(C)Cc1nc(C(=O)NC)cs1. The molecule has 0 saturated heterocycles. The Hall–Kier alpha value is -1.43. The van der Waals surface area contributed by atoms with E-state index in [4.69, 9.17) is 0 Å². The quantitative estimate of drug-likeness (QED) is 0.627. The molecule has 0 fully saturated rings. The molecule has 1 heterocycles. The number of rotatable bonds is 11. The molecule has 0 aromatic carbocycles. The minimum Gasteiger partial charge on any atom is -0.354 e. The van der Waals surface area contributed by atoms with E-state index in [9.17, 15) is 9.59 Å². The predicted octanol–water partition coefficient (Wildman–Crippen LogP) is 3.60. The molecule has 1 aromatic heterocycles. The molecule has 6 heteroatoms. The highest BCUT2D eigenvalue weighted by Gasteiger charge is 2.13. The largest absolute Gasteiger partial charge is 0.354 e. The fraction of sp³-hybridized carbons (Fsp3) is 0.706. The third-order valence-electron chi connectivity index (χ3n) is 3.80. The van der Waals surface area contributed by atoms with E-state index in [1.165, 1.54) is 43.4 Å². The summed E-state index contributed by atoms with van der Waals surface area (Å²) < 4.78 is 0. The zero-order valence-corrected chi connectivity index (χ0v) is 15.4. The summed E-state index contributed by atoms with van der Waals surface area (Å²) in [7, 11) is 3.38. The van der Waals surface area contributed by atoms with Crippen molar-refractivity contribution in [3.8, 4) is 0 Å². The maximum absolute atomic E-state index is 12.1. The molecule has 0 aliphatic heterocycles. The van der Waals surface area contributed by atoms with Crippen LogP contribution in [0.2, 0.25) is 0 Å². The summed E-state index contributed by atoms with van der Waals surface area (Å²) in [6.45, 7) is 2.69. The van der Waals surface area contributed by atoms with E-state index in [1.54, 1.807) is 24.4 Å². The third-order valence-corrected chi connectivity index (χ3v) is 4.64. The average molecular weight is 340 g/mol. The topological polar surface area (TPSA) is 62.3 Å². The summed E-state index contributed by atoms with van der Waals surface area (Å²) in [4.78, 5) is 29.5. The van der Waals surface area contributed by atoms with Gasteiger partial charge in [-0.25, -0.2) is 4.98 Å². The maximum Gasteiger partial charge on any atom is 0.270 e. The summed E-state index contributed by atoms with van der Waals surface area (Å²) >= 11 is 1.41. The number of hydrogen-bond acceptors (Lipinski definition) is 4. The first-order valence-electron chi connectivity index (χ1n) is 8.49. The van der Waals surface area contributed by atoms with Crippen LogP contribution in [-0.4, -0.2) is 35.8 Å². The molecule has 0 aliphatic carbocycles. The van der Waals surface area contributed by atoms with Gasteiger partial charge in [-0.2, -0.15) is 0 Å². The van der Waals surface area contributed by atoms with E-state index in [0.29, 0.717) is 18.7 Å². The average Bonchev–Trinajstić information content (AvgIpc) is 3.01. The first kappa shape index (κ1) is 19.6. The van der Waals surface area contributed by atoms with E-state index in [0.717, 1.165) is 17.8 Å². The third kappa shape index (κ3) is 7.59. The van der Waals surface area contributed by atoms with Crippen LogP contribution in [0.1, 0.15) is 73.8 Å². The molecule has 5 nitrogen and oxygen atoms in total. The lowest BCUT2D eigenvalue weighted by Gasteiger charge is -2.15. The molecule has 23 heavy (non-hydrogen) atoms. The van der Waals surface area contributed by atoms with Gasteiger partial charge < -0.3 is 10.2 Å². The van der Waals surface area contributed by atoms with E-state index in [2.05, 4.69) is 17.2 Å². The molecule has 1 rings (SSSR count). The predicted molar refractivity (Wildman–Crippen MR) is 94.6 cm³/mol. The summed E-state index contributed by atoms with van der Waals surface area (Å²) in [5.41, 5.74) is 0.417.